The molecule has 1 atom stereocenters. The molecule has 0 aromatic carbocycles. The summed E-state index contributed by atoms with van der Waals surface area (Å²) in [5, 5.41) is 9.57. The smallest absolute Gasteiger partial charge is 1.00 e. The van der Waals surface area contributed by atoms with Gasteiger partial charge >= 0.3 is 35.5 Å². The summed E-state index contributed by atoms with van der Waals surface area (Å²) in [7, 11) is 0. The number of carbonyl (C=O) groups is 1. The van der Waals surface area contributed by atoms with Crippen LogP contribution < -0.4 is 35.3 Å². The molecule has 0 amide bonds. The number of nitrogen functional groups attached to an aromatic ring is 1. The molecule has 0 saturated heterocycles. The van der Waals surface area contributed by atoms with E-state index in [1.165, 1.54) is 19.3 Å². The van der Waals surface area contributed by atoms with Crippen molar-refractivity contribution in [1.29, 1.82) is 0 Å². The molecule has 6 nitrogen and oxygen atoms in total. The van der Waals surface area contributed by atoms with Crippen LogP contribution in [0, 0.1) is 0 Å². The van der Waals surface area contributed by atoms with E-state index in [9.17, 15) is 9.90 Å². The Bertz CT molecular complexity index is 672. The Hall–Kier alpha value is -1.37. The zero-order valence-electron chi connectivity index (χ0n) is 15.1. The van der Waals surface area contributed by atoms with Gasteiger partial charge in [-0.3, -0.25) is 4.79 Å². The molecule has 2 heterocycles. The van der Waals surface area contributed by atoms with Gasteiger partial charge < -0.3 is 16.8 Å². The first-order valence-electron chi connectivity index (χ1n) is 8.10. The first kappa shape index (κ1) is 19.0. The number of rotatable bonds is 5. The average Bonchev–Trinajstić information content (AvgIpc) is 3.04. The Morgan fingerprint density at radius 1 is 1.33 bits per heavy atom. The minimum absolute atomic E-state index is 0. The SMILES string of the molecule is Nc1ccc(C[C@@H](C(=O)O)c2cn(C3CCCCC3)cn2)cn1.[H-].[Na+]. The second-order valence-electron chi connectivity index (χ2n) is 6.22. The summed E-state index contributed by atoms with van der Waals surface area (Å²) in [5.41, 5.74) is 7.03. The molecule has 0 spiro atoms. The van der Waals surface area contributed by atoms with Crippen molar-refractivity contribution < 1.29 is 40.9 Å². The Labute approximate surface area is 165 Å². The van der Waals surface area contributed by atoms with Crippen LogP contribution in [0.1, 0.15) is 56.7 Å². The molecule has 7 heteroatoms. The van der Waals surface area contributed by atoms with Gasteiger partial charge in [-0.1, -0.05) is 25.3 Å². The minimum atomic E-state index is -0.865. The van der Waals surface area contributed by atoms with Crippen LogP contribution >= 0.6 is 0 Å². The first-order valence-corrected chi connectivity index (χ1v) is 8.10. The van der Waals surface area contributed by atoms with Gasteiger partial charge in [0.1, 0.15) is 11.7 Å². The molecule has 3 N–H and O–H groups in total. The number of anilines is 1. The Morgan fingerprint density at radius 2 is 2.08 bits per heavy atom. The maximum Gasteiger partial charge on any atom is 1.00 e. The predicted octanol–water partition coefficient (Wildman–Crippen LogP) is -0.107. The van der Waals surface area contributed by atoms with Crippen molar-refractivity contribution in [1.82, 2.24) is 14.5 Å². The van der Waals surface area contributed by atoms with Gasteiger partial charge in [-0.25, -0.2) is 9.97 Å². The van der Waals surface area contributed by atoms with E-state index >= 15 is 0 Å². The normalized spacial score (nSPS) is 16.3. The summed E-state index contributed by atoms with van der Waals surface area (Å²) in [6, 6.07) is 3.96. The van der Waals surface area contributed by atoms with Crippen molar-refractivity contribution in [3.63, 3.8) is 0 Å². The fraction of sp³-hybridized carbons (Fsp3) is 0.471. The molecular formula is C17H23N4NaO2. The molecule has 0 radical (unpaired) electrons. The molecule has 0 unspecified atom stereocenters. The number of imidazole rings is 1. The zero-order valence-corrected chi connectivity index (χ0v) is 16.1. The van der Waals surface area contributed by atoms with Gasteiger partial charge in [0.25, 0.3) is 0 Å². The Balaban J connectivity index is 0.00000156. The summed E-state index contributed by atoms with van der Waals surface area (Å²) in [6.45, 7) is 0. The van der Waals surface area contributed by atoms with Crippen LogP contribution in [0.25, 0.3) is 0 Å². The van der Waals surface area contributed by atoms with Crippen molar-refractivity contribution in [2.24, 2.45) is 0 Å². The molecule has 0 bridgehead atoms. The molecule has 0 aliphatic heterocycles. The number of hydrogen-bond acceptors (Lipinski definition) is 4. The largest absolute Gasteiger partial charge is 1.00 e. The quantitative estimate of drug-likeness (QED) is 0.742. The number of nitrogens with two attached hydrogens (primary N) is 1. The predicted molar refractivity (Wildman–Crippen MR) is 88.2 cm³/mol. The van der Waals surface area contributed by atoms with Gasteiger partial charge in [0.05, 0.1) is 12.0 Å². The van der Waals surface area contributed by atoms with E-state index in [4.69, 9.17) is 5.73 Å². The van der Waals surface area contributed by atoms with Gasteiger partial charge in [0.2, 0.25) is 0 Å². The monoisotopic (exact) mass is 338 g/mol. The van der Waals surface area contributed by atoms with Crippen LogP contribution in [0.5, 0.6) is 0 Å². The van der Waals surface area contributed by atoms with Gasteiger partial charge in [-0.2, -0.15) is 0 Å². The molecular weight excluding hydrogens is 315 g/mol. The maximum absolute atomic E-state index is 11.7. The van der Waals surface area contributed by atoms with Crippen molar-refractivity contribution in [2.45, 2.75) is 50.5 Å². The molecule has 24 heavy (non-hydrogen) atoms. The van der Waals surface area contributed by atoms with Crippen LogP contribution in [0.15, 0.2) is 30.9 Å². The van der Waals surface area contributed by atoms with E-state index in [1.807, 2.05) is 12.3 Å². The topological polar surface area (TPSA) is 94.0 Å². The average molecular weight is 338 g/mol. The van der Waals surface area contributed by atoms with Crippen LogP contribution in [0.2, 0.25) is 0 Å². The van der Waals surface area contributed by atoms with Crippen LogP contribution in [0.4, 0.5) is 5.82 Å². The molecule has 1 saturated carbocycles. The van der Waals surface area contributed by atoms with Crippen molar-refractivity contribution in [3.05, 3.63) is 42.1 Å². The Morgan fingerprint density at radius 3 is 2.71 bits per heavy atom. The fourth-order valence-corrected chi connectivity index (χ4v) is 3.22. The summed E-state index contributed by atoms with van der Waals surface area (Å²) in [6.07, 6.45) is 11.7. The minimum Gasteiger partial charge on any atom is -1.00 e. The number of carboxylic acid groups (broad SMARTS) is 1. The summed E-state index contributed by atoms with van der Waals surface area (Å²) >= 11 is 0. The van der Waals surface area contributed by atoms with E-state index in [0.717, 1.165) is 18.4 Å². The van der Waals surface area contributed by atoms with Crippen LogP contribution in [0.3, 0.4) is 0 Å². The van der Waals surface area contributed by atoms with Gasteiger partial charge in [0.15, 0.2) is 0 Å². The number of pyridine rings is 1. The van der Waals surface area contributed by atoms with Crippen molar-refractivity contribution >= 4 is 11.8 Å². The Kier molecular flexibility index (Phi) is 6.83. The van der Waals surface area contributed by atoms with E-state index < -0.39 is 11.9 Å². The number of aromatic nitrogens is 3. The molecule has 2 aromatic heterocycles. The summed E-state index contributed by atoms with van der Waals surface area (Å²) < 4.78 is 2.09. The maximum atomic E-state index is 11.7. The van der Waals surface area contributed by atoms with E-state index in [2.05, 4.69) is 14.5 Å². The summed E-state index contributed by atoms with van der Waals surface area (Å²) in [4.78, 5) is 20.0. The number of nitrogens with zero attached hydrogens (tertiary/aromatic N) is 3. The third-order valence-electron chi connectivity index (χ3n) is 4.56. The van der Waals surface area contributed by atoms with Gasteiger partial charge in [-0.05, 0) is 30.9 Å². The third kappa shape index (κ3) is 4.59. The van der Waals surface area contributed by atoms with Gasteiger partial charge in [0, 0.05) is 18.4 Å². The zero-order chi connectivity index (χ0) is 16.2. The number of carboxylic acids is 1. The molecule has 1 aliphatic carbocycles. The first-order chi connectivity index (χ1) is 11.1. The van der Waals surface area contributed by atoms with E-state index in [-0.39, 0.29) is 31.0 Å². The van der Waals surface area contributed by atoms with Crippen LogP contribution in [-0.2, 0) is 11.2 Å². The molecule has 1 aliphatic rings. The van der Waals surface area contributed by atoms with Crippen molar-refractivity contribution in [2.75, 3.05) is 5.73 Å². The van der Waals surface area contributed by atoms with E-state index in [0.29, 0.717) is 24.0 Å². The van der Waals surface area contributed by atoms with E-state index in [1.54, 1.807) is 18.6 Å². The fourth-order valence-electron chi connectivity index (χ4n) is 3.22. The van der Waals surface area contributed by atoms with Crippen LogP contribution in [-0.4, -0.2) is 25.6 Å². The van der Waals surface area contributed by atoms with Gasteiger partial charge in [-0.15, -0.1) is 0 Å². The number of aliphatic carboxylic acids is 1. The number of hydrogen-bond donors (Lipinski definition) is 2. The molecule has 1 fully saturated rings. The third-order valence-corrected chi connectivity index (χ3v) is 4.56. The molecule has 2 aromatic rings. The summed E-state index contributed by atoms with van der Waals surface area (Å²) in [5.74, 6) is -1.09. The second-order valence-corrected chi connectivity index (χ2v) is 6.22. The molecule has 3 rings (SSSR count). The second kappa shape index (κ2) is 8.65. The van der Waals surface area contributed by atoms with Crippen molar-refractivity contribution in [3.8, 4) is 0 Å². The molecule has 124 valence electrons. The standard InChI is InChI=1S/C17H22N4O2.Na.H/c18-16-7-6-12(9-19-16)8-14(17(22)23)15-10-21(11-20-15)13-4-2-1-3-5-13;;/h6-7,9-11,13-14H,1-5,8H2,(H2,18,19)(H,22,23);;/q;+1;-1/t14-;;/m1../s1.